The number of esters is 1. The number of benzene rings is 2. The normalized spacial score (nSPS) is 11.2. The first-order valence-corrected chi connectivity index (χ1v) is 9.20. The Morgan fingerprint density at radius 1 is 1.00 bits per heavy atom. The summed E-state index contributed by atoms with van der Waals surface area (Å²) in [5, 5.41) is 0.734. The molecule has 0 radical (unpaired) electrons. The fourth-order valence-corrected chi connectivity index (χ4v) is 3.26. The van der Waals surface area contributed by atoms with Crippen molar-refractivity contribution in [1.82, 2.24) is 4.57 Å². The van der Waals surface area contributed by atoms with E-state index < -0.39 is 17.4 Å². The topological polar surface area (TPSA) is 91.6 Å². The van der Waals surface area contributed by atoms with Crippen molar-refractivity contribution in [3.63, 3.8) is 0 Å². The lowest BCUT2D eigenvalue weighted by molar-refractivity contribution is -0.145. The Hall–Kier alpha value is -3.61. The van der Waals surface area contributed by atoms with Crippen molar-refractivity contribution in [2.75, 3.05) is 0 Å². The second kappa shape index (κ2) is 7.43. The summed E-state index contributed by atoms with van der Waals surface area (Å²) in [6.45, 7) is 3.99. The smallest absolute Gasteiger partial charge is 0.419 e. The summed E-state index contributed by atoms with van der Waals surface area (Å²) in [5.41, 5.74) is 3.70. The van der Waals surface area contributed by atoms with Crippen LogP contribution in [-0.2, 0) is 22.7 Å². The van der Waals surface area contributed by atoms with Gasteiger partial charge >= 0.3 is 17.4 Å². The largest absolute Gasteiger partial charge is 0.461 e. The molecule has 4 rings (SSSR count). The fourth-order valence-electron chi connectivity index (χ4n) is 3.26. The third-order valence-electron chi connectivity index (χ3n) is 4.95. The number of aryl methyl sites for hydroxylation is 3. The molecule has 7 heteroatoms. The molecule has 0 amide bonds. The monoisotopic (exact) mass is 393 g/mol. The average molecular weight is 393 g/mol. The fraction of sp³-hybridized carbons (Fsp3) is 0.227. The van der Waals surface area contributed by atoms with Gasteiger partial charge in [-0.05, 0) is 49.2 Å². The Kier molecular flexibility index (Phi) is 4.80. The van der Waals surface area contributed by atoms with Crippen molar-refractivity contribution < 1.29 is 18.4 Å². The van der Waals surface area contributed by atoms with Crippen molar-refractivity contribution in [2.45, 2.75) is 33.4 Å². The molecule has 0 bridgehead atoms. The minimum absolute atomic E-state index is 0.000936. The zero-order valence-corrected chi connectivity index (χ0v) is 16.1. The molecule has 0 atom stereocenters. The van der Waals surface area contributed by atoms with E-state index >= 15 is 0 Å². The van der Waals surface area contributed by atoms with Gasteiger partial charge in [0.25, 0.3) is 0 Å². The van der Waals surface area contributed by atoms with Gasteiger partial charge in [0.15, 0.2) is 5.58 Å². The summed E-state index contributed by atoms with van der Waals surface area (Å²) in [6.07, 6.45) is 0.000936. The predicted octanol–water partition coefficient (Wildman–Crippen LogP) is 3.45. The molecule has 0 aliphatic rings. The van der Waals surface area contributed by atoms with Gasteiger partial charge in [0.2, 0.25) is 0 Å². The first-order chi connectivity index (χ1) is 13.9. The summed E-state index contributed by atoms with van der Waals surface area (Å²) >= 11 is 0. The van der Waals surface area contributed by atoms with Crippen LogP contribution in [0.25, 0.3) is 22.1 Å². The van der Waals surface area contributed by atoms with Crippen LogP contribution in [0.5, 0.6) is 0 Å². The number of carbonyl (C=O) groups is 1. The number of oxazole rings is 1. The molecule has 2 heterocycles. The molecule has 0 N–H and O–H groups in total. The number of aromatic nitrogens is 1. The number of para-hydroxylation sites is 2. The Bertz CT molecular complexity index is 1340. The van der Waals surface area contributed by atoms with Crippen LogP contribution in [-0.4, -0.2) is 10.5 Å². The molecular formula is C22H19NO6. The molecule has 0 fully saturated rings. The average Bonchev–Trinajstić information content (AvgIpc) is 3.01. The Morgan fingerprint density at radius 2 is 1.76 bits per heavy atom. The maximum Gasteiger partial charge on any atom is 0.419 e. The van der Waals surface area contributed by atoms with Crippen molar-refractivity contribution >= 4 is 28.0 Å². The maximum absolute atomic E-state index is 12.2. The van der Waals surface area contributed by atoms with E-state index in [0.29, 0.717) is 22.2 Å². The quantitative estimate of drug-likeness (QED) is 0.381. The zero-order valence-electron chi connectivity index (χ0n) is 16.1. The van der Waals surface area contributed by atoms with Crippen molar-refractivity contribution in [3.8, 4) is 0 Å². The van der Waals surface area contributed by atoms with Crippen LogP contribution in [0, 0.1) is 13.8 Å². The minimum atomic E-state index is -0.517. The van der Waals surface area contributed by atoms with Crippen LogP contribution < -0.4 is 11.4 Å². The molecule has 148 valence electrons. The Morgan fingerprint density at radius 3 is 2.59 bits per heavy atom. The number of fused-ring (bicyclic) bond motifs is 2. The molecule has 29 heavy (non-hydrogen) atoms. The summed E-state index contributed by atoms with van der Waals surface area (Å²) in [7, 11) is 0. The van der Waals surface area contributed by atoms with Gasteiger partial charge in [-0.15, -0.1) is 0 Å². The molecule has 0 aliphatic heterocycles. The van der Waals surface area contributed by atoms with Crippen LogP contribution >= 0.6 is 0 Å². The minimum Gasteiger partial charge on any atom is -0.461 e. The number of nitrogens with zero attached hydrogens (tertiary/aromatic N) is 1. The van der Waals surface area contributed by atoms with Gasteiger partial charge in [-0.2, -0.15) is 0 Å². The first-order valence-electron chi connectivity index (χ1n) is 9.20. The van der Waals surface area contributed by atoms with Crippen LogP contribution in [0.2, 0.25) is 0 Å². The molecule has 2 aromatic heterocycles. The molecular weight excluding hydrogens is 374 g/mol. The van der Waals surface area contributed by atoms with E-state index in [1.54, 1.807) is 30.3 Å². The second-order valence-corrected chi connectivity index (χ2v) is 6.92. The van der Waals surface area contributed by atoms with Gasteiger partial charge in [-0.25, -0.2) is 9.59 Å². The molecule has 0 saturated carbocycles. The van der Waals surface area contributed by atoms with E-state index in [2.05, 4.69) is 0 Å². The summed E-state index contributed by atoms with van der Waals surface area (Å²) < 4.78 is 17.1. The lowest BCUT2D eigenvalue weighted by atomic mass is 10.0. The predicted molar refractivity (Wildman–Crippen MR) is 107 cm³/mol. The molecule has 0 spiro atoms. The highest BCUT2D eigenvalue weighted by molar-refractivity contribution is 5.82. The van der Waals surface area contributed by atoms with Gasteiger partial charge in [0, 0.05) is 23.6 Å². The lowest BCUT2D eigenvalue weighted by Gasteiger charge is -2.09. The number of carbonyl (C=O) groups excluding carboxylic acids is 1. The Balaban J connectivity index is 1.49. The summed E-state index contributed by atoms with van der Waals surface area (Å²) in [5.74, 6) is -0.996. The highest BCUT2D eigenvalue weighted by Crippen LogP contribution is 2.22. The summed E-state index contributed by atoms with van der Waals surface area (Å²) in [4.78, 5) is 36.0. The second-order valence-electron chi connectivity index (χ2n) is 6.92. The molecule has 4 aromatic rings. The molecule has 2 aromatic carbocycles. The van der Waals surface area contributed by atoms with Gasteiger partial charge in [-0.3, -0.25) is 9.36 Å². The van der Waals surface area contributed by atoms with E-state index in [4.69, 9.17) is 13.6 Å². The molecule has 7 nitrogen and oxygen atoms in total. The van der Waals surface area contributed by atoms with Crippen LogP contribution in [0.3, 0.4) is 0 Å². The van der Waals surface area contributed by atoms with Crippen LogP contribution in [0.4, 0.5) is 0 Å². The van der Waals surface area contributed by atoms with E-state index in [-0.39, 0.29) is 19.6 Å². The molecule has 0 unspecified atom stereocenters. The number of hydrogen-bond acceptors (Lipinski definition) is 6. The third-order valence-corrected chi connectivity index (χ3v) is 4.95. The van der Waals surface area contributed by atoms with Gasteiger partial charge in [0.1, 0.15) is 12.2 Å². The Labute approximate surface area is 165 Å². The number of rotatable bonds is 5. The van der Waals surface area contributed by atoms with Crippen LogP contribution in [0.15, 0.2) is 60.9 Å². The number of hydrogen-bond donors (Lipinski definition) is 0. The van der Waals surface area contributed by atoms with E-state index in [9.17, 15) is 14.4 Å². The van der Waals surface area contributed by atoms with Crippen molar-refractivity contribution in [3.05, 3.63) is 80.1 Å². The van der Waals surface area contributed by atoms with Crippen molar-refractivity contribution in [2.24, 2.45) is 0 Å². The van der Waals surface area contributed by atoms with E-state index in [0.717, 1.165) is 16.5 Å². The summed E-state index contributed by atoms with van der Waals surface area (Å²) in [6, 6.07) is 12.1. The third kappa shape index (κ3) is 3.71. The van der Waals surface area contributed by atoms with Gasteiger partial charge in [-0.1, -0.05) is 12.1 Å². The standard InChI is InChI=1S/C22H19NO6/c1-13-9-16-15(11-21(25)28-19(16)10-14(13)2)12-27-20(24)7-8-23-17-5-3-4-6-18(17)29-22(23)26/h3-6,9-11H,7-8,12H2,1-2H3. The highest BCUT2D eigenvalue weighted by atomic mass is 16.5. The SMILES string of the molecule is Cc1cc2oc(=O)cc(COC(=O)CCn3c(=O)oc4ccccc43)c2cc1C. The first kappa shape index (κ1) is 18.7. The molecule has 0 saturated heterocycles. The molecule has 0 aliphatic carbocycles. The lowest BCUT2D eigenvalue weighted by Crippen LogP contribution is -2.17. The van der Waals surface area contributed by atoms with Gasteiger partial charge in [0.05, 0.1) is 11.9 Å². The zero-order chi connectivity index (χ0) is 20.5. The van der Waals surface area contributed by atoms with Crippen LogP contribution in [0.1, 0.15) is 23.1 Å². The van der Waals surface area contributed by atoms with Crippen molar-refractivity contribution in [1.29, 1.82) is 0 Å². The highest BCUT2D eigenvalue weighted by Gasteiger charge is 2.13. The van der Waals surface area contributed by atoms with Gasteiger partial charge < -0.3 is 13.6 Å². The maximum atomic E-state index is 12.2. The van der Waals surface area contributed by atoms with E-state index in [1.807, 2.05) is 19.9 Å². The van der Waals surface area contributed by atoms with E-state index in [1.165, 1.54) is 10.6 Å². The number of ether oxygens (including phenoxy) is 1.